The Morgan fingerprint density at radius 1 is 0.946 bits per heavy atom. The molecule has 0 spiro atoms. The van der Waals surface area contributed by atoms with Crippen molar-refractivity contribution in [2.75, 3.05) is 6.61 Å². The Kier molecular flexibility index (Phi) is 9.24. The van der Waals surface area contributed by atoms with Crippen molar-refractivity contribution in [2.45, 2.75) is 64.4 Å². The van der Waals surface area contributed by atoms with Crippen LogP contribution >= 0.6 is 0 Å². The predicted octanol–water partition coefficient (Wildman–Crippen LogP) is 6.43. The Morgan fingerprint density at radius 3 is 2.38 bits per heavy atom. The lowest BCUT2D eigenvalue weighted by molar-refractivity contribution is -0.146. The van der Waals surface area contributed by atoms with E-state index in [1.165, 1.54) is 25.7 Å². The fourth-order valence-corrected chi connectivity index (χ4v) is 4.67. The molecule has 1 aromatic heterocycles. The van der Waals surface area contributed by atoms with Gasteiger partial charge in [-0.3, -0.25) is 4.79 Å². The Bertz CT molecular complexity index is 1180. The number of aliphatic carboxylic acids is 1. The number of carbonyl (C=O) groups excluding carboxylic acids is 1. The molecular formula is C30H34N2O5. The molecule has 0 saturated carbocycles. The summed E-state index contributed by atoms with van der Waals surface area (Å²) >= 11 is 0. The molecule has 1 heterocycles. The van der Waals surface area contributed by atoms with E-state index >= 15 is 0 Å². The second-order valence-electron chi connectivity index (χ2n) is 9.44. The highest BCUT2D eigenvalue weighted by Crippen LogP contribution is 2.38. The van der Waals surface area contributed by atoms with Crippen LogP contribution in [-0.4, -0.2) is 33.6 Å². The van der Waals surface area contributed by atoms with E-state index in [0.29, 0.717) is 36.6 Å². The number of carboxylic acid groups (broad SMARTS) is 1. The Labute approximate surface area is 217 Å². The molecule has 0 fully saturated rings. The van der Waals surface area contributed by atoms with Crippen LogP contribution in [0.4, 0.5) is 0 Å². The van der Waals surface area contributed by atoms with Gasteiger partial charge in [-0.15, -0.1) is 0 Å². The predicted molar refractivity (Wildman–Crippen MR) is 140 cm³/mol. The number of ether oxygens (including phenoxy) is 2. The van der Waals surface area contributed by atoms with E-state index in [2.05, 4.69) is 16.9 Å². The summed E-state index contributed by atoms with van der Waals surface area (Å²) in [5.41, 5.74) is 2.88. The van der Waals surface area contributed by atoms with Gasteiger partial charge in [0.25, 0.3) is 0 Å². The molecule has 0 bridgehead atoms. The van der Waals surface area contributed by atoms with Crippen molar-refractivity contribution in [3.63, 3.8) is 0 Å². The minimum Gasteiger partial charge on any atom is -0.490 e. The topological polar surface area (TPSA) is 98.6 Å². The SMILES string of the molecule is CCCCCCCCOc1cnc(-c2ccc(C(=O)OC3c4ccccc4CCC3C(=O)O)cc2)nc1. The monoisotopic (exact) mass is 502 g/mol. The van der Waals surface area contributed by atoms with Gasteiger partial charge in [0.15, 0.2) is 11.6 Å². The number of esters is 1. The molecule has 4 rings (SSSR count). The zero-order valence-corrected chi connectivity index (χ0v) is 21.3. The molecule has 194 valence electrons. The molecule has 0 amide bonds. The van der Waals surface area contributed by atoms with Crippen molar-refractivity contribution in [1.82, 2.24) is 9.97 Å². The molecule has 37 heavy (non-hydrogen) atoms. The van der Waals surface area contributed by atoms with Crippen LogP contribution in [0.2, 0.25) is 0 Å². The Morgan fingerprint density at radius 2 is 1.65 bits per heavy atom. The number of unbranched alkanes of at least 4 members (excludes halogenated alkanes) is 5. The summed E-state index contributed by atoms with van der Waals surface area (Å²) < 4.78 is 11.5. The molecule has 3 aromatic rings. The molecule has 7 heteroatoms. The number of carbonyl (C=O) groups is 2. The van der Waals surface area contributed by atoms with E-state index in [4.69, 9.17) is 9.47 Å². The van der Waals surface area contributed by atoms with Gasteiger partial charge in [-0.2, -0.15) is 0 Å². The normalized spacial score (nSPS) is 16.6. The largest absolute Gasteiger partial charge is 0.490 e. The van der Waals surface area contributed by atoms with Gasteiger partial charge in [0, 0.05) is 5.56 Å². The first-order valence-corrected chi connectivity index (χ1v) is 13.1. The summed E-state index contributed by atoms with van der Waals surface area (Å²) in [6.45, 7) is 2.87. The van der Waals surface area contributed by atoms with Crippen LogP contribution in [0, 0.1) is 5.92 Å². The molecule has 7 nitrogen and oxygen atoms in total. The first-order valence-electron chi connectivity index (χ1n) is 13.1. The highest BCUT2D eigenvalue weighted by atomic mass is 16.5. The van der Waals surface area contributed by atoms with E-state index in [9.17, 15) is 14.7 Å². The summed E-state index contributed by atoms with van der Waals surface area (Å²) in [6.07, 6.45) is 10.8. The van der Waals surface area contributed by atoms with E-state index < -0.39 is 24.0 Å². The van der Waals surface area contributed by atoms with Crippen LogP contribution in [0.15, 0.2) is 60.9 Å². The number of aryl methyl sites for hydroxylation is 1. The van der Waals surface area contributed by atoms with Crippen molar-refractivity contribution in [3.05, 3.63) is 77.6 Å². The average molecular weight is 503 g/mol. The number of fused-ring (bicyclic) bond motifs is 1. The molecule has 0 aliphatic heterocycles. The quantitative estimate of drug-likeness (QED) is 0.225. The second kappa shape index (κ2) is 13.0. The first-order chi connectivity index (χ1) is 18.1. The van der Waals surface area contributed by atoms with Crippen LogP contribution in [-0.2, 0) is 16.0 Å². The van der Waals surface area contributed by atoms with Gasteiger partial charge >= 0.3 is 11.9 Å². The van der Waals surface area contributed by atoms with Gasteiger partial charge in [-0.25, -0.2) is 14.8 Å². The summed E-state index contributed by atoms with van der Waals surface area (Å²) in [5.74, 6) is -1.12. The number of rotatable bonds is 12. The maximum absolute atomic E-state index is 12.9. The Balaban J connectivity index is 1.34. The van der Waals surface area contributed by atoms with E-state index in [0.717, 1.165) is 29.5 Å². The molecule has 2 unspecified atom stereocenters. The smallest absolute Gasteiger partial charge is 0.338 e. The van der Waals surface area contributed by atoms with Crippen molar-refractivity contribution in [2.24, 2.45) is 5.92 Å². The molecule has 0 radical (unpaired) electrons. The third-order valence-electron chi connectivity index (χ3n) is 6.78. The van der Waals surface area contributed by atoms with Gasteiger partial charge in [0.2, 0.25) is 0 Å². The number of aromatic nitrogens is 2. The summed E-state index contributed by atoms with van der Waals surface area (Å²) in [6, 6.07) is 14.3. The van der Waals surface area contributed by atoms with Crippen LogP contribution in [0.1, 0.15) is 79.5 Å². The van der Waals surface area contributed by atoms with Gasteiger partial charge < -0.3 is 14.6 Å². The lowest BCUT2D eigenvalue weighted by Crippen LogP contribution is -2.30. The molecule has 1 aliphatic rings. The second-order valence-corrected chi connectivity index (χ2v) is 9.44. The van der Waals surface area contributed by atoms with E-state index in [1.54, 1.807) is 36.7 Å². The van der Waals surface area contributed by atoms with Crippen LogP contribution in [0.3, 0.4) is 0 Å². The third kappa shape index (κ3) is 6.94. The molecular weight excluding hydrogens is 468 g/mol. The minimum absolute atomic E-state index is 0.342. The molecule has 2 atom stereocenters. The number of hydrogen-bond donors (Lipinski definition) is 1. The number of hydrogen-bond acceptors (Lipinski definition) is 6. The van der Waals surface area contributed by atoms with Gasteiger partial charge in [-0.05, 0) is 42.5 Å². The van der Waals surface area contributed by atoms with Crippen molar-refractivity contribution < 1.29 is 24.2 Å². The van der Waals surface area contributed by atoms with Crippen LogP contribution in [0.25, 0.3) is 11.4 Å². The lowest BCUT2D eigenvalue weighted by Gasteiger charge is -2.30. The highest BCUT2D eigenvalue weighted by Gasteiger charge is 2.37. The maximum Gasteiger partial charge on any atom is 0.338 e. The summed E-state index contributed by atoms with van der Waals surface area (Å²) in [7, 11) is 0. The van der Waals surface area contributed by atoms with E-state index in [1.807, 2.05) is 24.3 Å². The van der Waals surface area contributed by atoms with Gasteiger partial charge in [-0.1, -0.05) is 75.4 Å². The van der Waals surface area contributed by atoms with Crippen molar-refractivity contribution in [3.8, 4) is 17.1 Å². The van der Waals surface area contributed by atoms with Crippen LogP contribution < -0.4 is 4.74 Å². The van der Waals surface area contributed by atoms with Crippen LogP contribution in [0.5, 0.6) is 5.75 Å². The van der Waals surface area contributed by atoms with Crippen molar-refractivity contribution >= 4 is 11.9 Å². The maximum atomic E-state index is 12.9. The molecule has 2 aromatic carbocycles. The lowest BCUT2D eigenvalue weighted by atomic mass is 9.81. The Hall–Kier alpha value is -3.74. The fourth-order valence-electron chi connectivity index (χ4n) is 4.67. The first kappa shape index (κ1) is 26.3. The fraction of sp³-hybridized carbons (Fsp3) is 0.400. The molecule has 1 aliphatic carbocycles. The minimum atomic E-state index is -0.959. The van der Waals surface area contributed by atoms with Gasteiger partial charge in [0.1, 0.15) is 6.10 Å². The number of carboxylic acids is 1. The number of nitrogens with zero attached hydrogens (tertiary/aromatic N) is 2. The average Bonchev–Trinajstić information content (AvgIpc) is 2.93. The molecule has 0 saturated heterocycles. The zero-order valence-electron chi connectivity index (χ0n) is 21.3. The highest BCUT2D eigenvalue weighted by molar-refractivity contribution is 5.90. The zero-order chi connectivity index (χ0) is 26.0. The summed E-state index contributed by atoms with van der Waals surface area (Å²) in [4.78, 5) is 33.5. The van der Waals surface area contributed by atoms with Crippen molar-refractivity contribution in [1.29, 1.82) is 0 Å². The standard InChI is InChI=1S/C30H34N2O5/c1-2-3-4-5-6-9-18-36-24-19-31-28(32-20-24)22-12-14-23(15-13-22)30(35)37-27-25-11-8-7-10-21(25)16-17-26(27)29(33)34/h7-8,10-15,19-20,26-27H,2-6,9,16-18H2,1H3,(H,33,34). The third-order valence-corrected chi connectivity index (χ3v) is 6.78. The van der Waals surface area contributed by atoms with E-state index in [-0.39, 0.29) is 0 Å². The summed E-state index contributed by atoms with van der Waals surface area (Å²) in [5, 5.41) is 9.69. The molecule has 1 N–H and O–H groups in total. The number of benzene rings is 2. The van der Waals surface area contributed by atoms with Gasteiger partial charge in [0.05, 0.1) is 30.5 Å².